The minimum absolute atomic E-state index is 0.521. The van der Waals surface area contributed by atoms with E-state index in [4.69, 9.17) is 9.47 Å². The molecule has 0 N–H and O–H groups in total. The molecule has 0 bridgehead atoms. The van der Waals surface area contributed by atoms with E-state index in [1.54, 1.807) is 0 Å². The van der Waals surface area contributed by atoms with Gasteiger partial charge in [-0.05, 0) is 26.8 Å². The molecule has 0 atom stereocenters. The van der Waals surface area contributed by atoms with E-state index >= 15 is 0 Å². The maximum absolute atomic E-state index is 5.41. The van der Waals surface area contributed by atoms with Crippen molar-refractivity contribution in [2.75, 3.05) is 13.2 Å². The average molecular weight is 154 g/mol. The van der Waals surface area contributed by atoms with Crippen LogP contribution in [0.5, 0.6) is 0 Å². The number of rotatable bonds is 1. The molecule has 2 nitrogen and oxygen atoms in total. The molecule has 0 aromatic carbocycles. The first-order valence-corrected chi connectivity index (χ1v) is 3.85. The van der Waals surface area contributed by atoms with Gasteiger partial charge < -0.3 is 9.47 Å². The summed E-state index contributed by atoms with van der Waals surface area (Å²) < 4.78 is 10.8. The van der Waals surface area contributed by atoms with Crippen LogP contribution in [0.15, 0.2) is 17.4 Å². The zero-order chi connectivity index (χ0) is 8.32. The smallest absolute Gasteiger partial charge is 0.195 e. The Balaban J connectivity index is 2.79. The van der Waals surface area contributed by atoms with Crippen LogP contribution in [-0.4, -0.2) is 19.0 Å². The molecule has 11 heavy (non-hydrogen) atoms. The van der Waals surface area contributed by atoms with Gasteiger partial charge in [0.2, 0.25) is 0 Å². The van der Waals surface area contributed by atoms with Crippen molar-refractivity contribution in [1.82, 2.24) is 0 Å². The second-order valence-corrected chi connectivity index (χ2v) is 2.70. The Kier molecular flexibility index (Phi) is 2.50. The van der Waals surface area contributed by atoms with Crippen LogP contribution in [0.2, 0.25) is 0 Å². The predicted molar refractivity (Wildman–Crippen MR) is 43.3 cm³/mol. The Morgan fingerprint density at radius 1 is 1.45 bits per heavy atom. The van der Waals surface area contributed by atoms with Gasteiger partial charge >= 0.3 is 0 Å². The van der Waals surface area contributed by atoms with E-state index in [0.717, 1.165) is 5.57 Å². The van der Waals surface area contributed by atoms with E-state index in [-0.39, 0.29) is 0 Å². The van der Waals surface area contributed by atoms with Crippen molar-refractivity contribution in [1.29, 1.82) is 0 Å². The Labute approximate surface area is 67.5 Å². The molecule has 1 aliphatic rings. The standard InChI is InChI=1S/C9H14O2/c1-4-5-8(2)9(3)10-6-7-11-9/h4H,6-7H2,1-3H3. The van der Waals surface area contributed by atoms with Crippen molar-refractivity contribution in [2.45, 2.75) is 26.6 Å². The minimum Gasteiger partial charge on any atom is -0.343 e. The number of hydrogen-bond acceptors (Lipinski definition) is 2. The van der Waals surface area contributed by atoms with Crippen LogP contribution in [0.3, 0.4) is 0 Å². The summed E-state index contributed by atoms with van der Waals surface area (Å²) in [5, 5.41) is 0. The molecule has 1 heterocycles. The summed E-state index contributed by atoms with van der Waals surface area (Å²) in [6, 6.07) is 0. The first-order valence-electron chi connectivity index (χ1n) is 3.85. The van der Waals surface area contributed by atoms with Gasteiger partial charge in [0.25, 0.3) is 0 Å². The lowest BCUT2D eigenvalue weighted by atomic mass is 10.1. The molecular weight excluding hydrogens is 140 g/mol. The summed E-state index contributed by atoms with van der Waals surface area (Å²) in [5.41, 5.74) is 4.07. The lowest BCUT2D eigenvalue weighted by Crippen LogP contribution is -2.26. The van der Waals surface area contributed by atoms with Crippen molar-refractivity contribution in [3.8, 4) is 0 Å². The van der Waals surface area contributed by atoms with Gasteiger partial charge in [-0.15, -0.1) is 5.73 Å². The monoisotopic (exact) mass is 154 g/mol. The summed E-state index contributed by atoms with van der Waals surface area (Å²) in [5.74, 6) is -0.521. The van der Waals surface area contributed by atoms with Crippen LogP contribution in [0.1, 0.15) is 20.8 Å². The molecule has 0 spiro atoms. The molecule has 0 unspecified atom stereocenters. The van der Waals surface area contributed by atoms with Gasteiger partial charge in [-0.2, -0.15) is 0 Å². The maximum Gasteiger partial charge on any atom is 0.195 e. The number of ether oxygens (including phenoxy) is 2. The summed E-state index contributed by atoms with van der Waals surface area (Å²) >= 11 is 0. The Morgan fingerprint density at radius 2 is 2.00 bits per heavy atom. The lowest BCUT2D eigenvalue weighted by Gasteiger charge is -2.21. The third-order valence-electron chi connectivity index (χ3n) is 1.88. The normalized spacial score (nSPS) is 21.0. The molecule has 62 valence electrons. The first kappa shape index (κ1) is 8.54. The maximum atomic E-state index is 5.41. The largest absolute Gasteiger partial charge is 0.343 e. The van der Waals surface area contributed by atoms with Gasteiger partial charge in [0.05, 0.1) is 13.2 Å². The molecule has 1 rings (SSSR count). The molecule has 1 saturated heterocycles. The highest BCUT2D eigenvalue weighted by atomic mass is 16.7. The van der Waals surface area contributed by atoms with E-state index in [0.29, 0.717) is 13.2 Å². The molecule has 0 amide bonds. The predicted octanol–water partition coefficient (Wildman–Crippen LogP) is 1.87. The van der Waals surface area contributed by atoms with Gasteiger partial charge in [-0.1, -0.05) is 0 Å². The fourth-order valence-corrected chi connectivity index (χ4v) is 1.08. The average Bonchev–Trinajstić information content (AvgIpc) is 2.38. The minimum atomic E-state index is -0.521. The summed E-state index contributed by atoms with van der Waals surface area (Å²) in [6.45, 7) is 7.18. The molecule has 0 aromatic rings. The van der Waals surface area contributed by atoms with E-state index < -0.39 is 5.79 Å². The first-order chi connectivity index (χ1) is 5.19. The Hall–Kier alpha value is -0.560. The summed E-state index contributed by atoms with van der Waals surface area (Å²) in [7, 11) is 0. The molecule has 1 aliphatic heterocycles. The third kappa shape index (κ3) is 1.72. The van der Waals surface area contributed by atoms with Gasteiger partial charge in [0.1, 0.15) is 0 Å². The Morgan fingerprint density at radius 3 is 2.45 bits per heavy atom. The highest BCUT2D eigenvalue weighted by Crippen LogP contribution is 2.25. The molecule has 2 heteroatoms. The zero-order valence-electron chi connectivity index (χ0n) is 7.31. The molecule has 0 radical (unpaired) electrons. The van der Waals surface area contributed by atoms with Gasteiger partial charge in [-0.25, -0.2) is 0 Å². The second-order valence-electron chi connectivity index (χ2n) is 2.70. The van der Waals surface area contributed by atoms with Crippen molar-refractivity contribution < 1.29 is 9.47 Å². The fourth-order valence-electron chi connectivity index (χ4n) is 1.08. The van der Waals surface area contributed by atoms with Crippen molar-refractivity contribution in [2.24, 2.45) is 0 Å². The van der Waals surface area contributed by atoms with Crippen LogP contribution in [0.4, 0.5) is 0 Å². The summed E-state index contributed by atoms with van der Waals surface area (Å²) in [6.07, 6.45) is 1.87. The third-order valence-corrected chi connectivity index (χ3v) is 1.88. The topological polar surface area (TPSA) is 18.5 Å². The van der Waals surface area contributed by atoms with E-state index in [1.165, 1.54) is 0 Å². The van der Waals surface area contributed by atoms with Crippen molar-refractivity contribution in [3.63, 3.8) is 0 Å². The van der Waals surface area contributed by atoms with Crippen LogP contribution < -0.4 is 0 Å². The molecule has 0 aromatic heterocycles. The lowest BCUT2D eigenvalue weighted by molar-refractivity contribution is -0.109. The van der Waals surface area contributed by atoms with Gasteiger partial charge in [0, 0.05) is 5.57 Å². The SMILES string of the molecule is CC=C=C(C)C1(C)OCCO1. The highest BCUT2D eigenvalue weighted by Gasteiger charge is 2.32. The van der Waals surface area contributed by atoms with Crippen LogP contribution in [-0.2, 0) is 9.47 Å². The fraction of sp³-hybridized carbons (Fsp3) is 0.667. The highest BCUT2D eigenvalue weighted by molar-refractivity contribution is 5.09. The van der Waals surface area contributed by atoms with Crippen molar-refractivity contribution in [3.05, 3.63) is 17.4 Å². The van der Waals surface area contributed by atoms with Crippen LogP contribution in [0, 0.1) is 0 Å². The molecule has 0 aliphatic carbocycles. The number of hydrogen-bond donors (Lipinski definition) is 0. The second kappa shape index (κ2) is 3.22. The molecular formula is C9H14O2. The van der Waals surface area contributed by atoms with Gasteiger partial charge in [0.15, 0.2) is 5.79 Å². The van der Waals surface area contributed by atoms with E-state index in [1.807, 2.05) is 26.8 Å². The molecule has 1 fully saturated rings. The van der Waals surface area contributed by atoms with Gasteiger partial charge in [-0.3, -0.25) is 0 Å². The zero-order valence-corrected chi connectivity index (χ0v) is 7.31. The van der Waals surface area contributed by atoms with E-state index in [9.17, 15) is 0 Å². The van der Waals surface area contributed by atoms with E-state index in [2.05, 4.69) is 5.73 Å². The molecule has 0 saturated carbocycles. The Bertz CT molecular complexity index is 194. The van der Waals surface area contributed by atoms with Crippen molar-refractivity contribution >= 4 is 0 Å². The quantitative estimate of drug-likeness (QED) is 0.537. The summed E-state index contributed by atoms with van der Waals surface area (Å²) in [4.78, 5) is 0. The van der Waals surface area contributed by atoms with Crippen LogP contribution >= 0.6 is 0 Å². The van der Waals surface area contributed by atoms with Crippen LogP contribution in [0.25, 0.3) is 0 Å².